The number of carbonyl (C=O) groups is 2. The number of hydrogen-bond acceptors (Lipinski definition) is 5. The van der Waals surface area contributed by atoms with Gasteiger partial charge in [0, 0.05) is 11.2 Å². The van der Waals surface area contributed by atoms with E-state index in [0.29, 0.717) is 23.4 Å². The van der Waals surface area contributed by atoms with E-state index in [4.69, 9.17) is 4.74 Å². The van der Waals surface area contributed by atoms with Crippen LogP contribution in [-0.4, -0.2) is 32.4 Å². The maximum Gasteiger partial charge on any atom is 0.338 e. The summed E-state index contributed by atoms with van der Waals surface area (Å²) in [5.41, 5.74) is 0.516. The van der Waals surface area contributed by atoms with Gasteiger partial charge < -0.3 is 10.1 Å². The molecule has 0 radical (unpaired) electrons. The number of amides is 1. The molecule has 4 aliphatic rings. The second-order valence-corrected chi connectivity index (χ2v) is 11.5. The predicted molar refractivity (Wildman–Crippen MR) is 123 cm³/mol. The molecule has 2 aromatic rings. The minimum atomic E-state index is -3.77. The van der Waals surface area contributed by atoms with E-state index in [1.807, 2.05) is 0 Å². The van der Waals surface area contributed by atoms with Crippen molar-refractivity contribution in [1.82, 2.24) is 5.32 Å². The highest BCUT2D eigenvalue weighted by Gasteiger charge is 2.51. The Kier molecular flexibility index (Phi) is 5.64. The lowest BCUT2D eigenvalue weighted by atomic mass is 9.53. The SMILES string of the molecule is O=C(COC(=O)c1ccc(S(=O)(=O)Nc2ccccc2)cc1)NC12CC3CC(CC(C3)C1)C2. The van der Waals surface area contributed by atoms with Gasteiger partial charge in [0.25, 0.3) is 15.9 Å². The molecule has 4 saturated carbocycles. The molecule has 0 saturated heterocycles. The molecule has 4 fully saturated rings. The lowest BCUT2D eigenvalue weighted by molar-refractivity contribution is -0.130. The molecule has 0 heterocycles. The number of ether oxygens (including phenoxy) is 1. The summed E-state index contributed by atoms with van der Waals surface area (Å²) in [6, 6.07) is 14.0. The van der Waals surface area contributed by atoms with Gasteiger partial charge in [-0.3, -0.25) is 9.52 Å². The zero-order chi connectivity index (χ0) is 23.1. The van der Waals surface area contributed by atoms with Gasteiger partial charge in [0.05, 0.1) is 10.5 Å². The molecule has 0 unspecified atom stereocenters. The molecule has 4 bridgehead atoms. The van der Waals surface area contributed by atoms with Crippen LogP contribution in [0.1, 0.15) is 48.9 Å². The lowest BCUT2D eigenvalue weighted by Crippen LogP contribution is -2.60. The molecule has 8 heteroatoms. The smallest absolute Gasteiger partial charge is 0.338 e. The Labute approximate surface area is 194 Å². The molecule has 0 aromatic heterocycles. The van der Waals surface area contributed by atoms with Crippen LogP contribution >= 0.6 is 0 Å². The van der Waals surface area contributed by atoms with E-state index >= 15 is 0 Å². The van der Waals surface area contributed by atoms with E-state index in [1.165, 1.54) is 43.5 Å². The average Bonchev–Trinajstić information content (AvgIpc) is 2.77. The minimum absolute atomic E-state index is 0.0301. The molecule has 1 amide bonds. The van der Waals surface area contributed by atoms with Crippen molar-refractivity contribution in [2.75, 3.05) is 11.3 Å². The Morgan fingerprint density at radius 2 is 1.45 bits per heavy atom. The van der Waals surface area contributed by atoms with Gasteiger partial charge in [-0.2, -0.15) is 0 Å². The van der Waals surface area contributed by atoms with Crippen LogP contribution in [0.15, 0.2) is 59.5 Å². The number of esters is 1. The molecular weight excluding hydrogens is 440 g/mol. The molecule has 2 aromatic carbocycles. The average molecular weight is 469 g/mol. The van der Waals surface area contributed by atoms with E-state index in [9.17, 15) is 18.0 Å². The van der Waals surface area contributed by atoms with Gasteiger partial charge in [-0.25, -0.2) is 13.2 Å². The Balaban J connectivity index is 1.15. The van der Waals surface area contributed by atoms with Gasteiger partial charge in [0.2, 0.25) is 0 Å². The monoisotopic (exact) mass is 468 g/mol. The van der Waals surface area contributed by atoms with Crippen molar-refractivity contribution < 1.29 is 22.7 Å². The van der Waals surface area contributed by atoms with Gasteiger partial charge in [-0.05, 0) is 92.7 Å². The number of carbonyl (C=O) groups excluding carboxylic acids is 2. The molecule has 0 atom stereocenters. The molecule has 33 heavy (non-hydrogen) atoms. The lowest BCUT2D eigenvalue weighted by Gasteiger charge is -2.56. The van der Waals surface area contributed by atoms with Crippen LogP contribution in [0, 0.1) is 17.8 Å². The van der Waals surface area contributed by atoms with Gasteiger partial charge in [-0.15, -0.1) is 0 Å². The number of sulfonamides is 1. The van der Waals surface area contributed by atoms with Crippen molar-refractivity contribution >= 4 is 27.6 Å². The van der Waals surface area contributed by atoms with Gasteiger partial charge in [-0.1, -0.05) is 18.2 Å². The number of benzene rings is 2. The van der Waals surface area contributed by atoms with E-state index in [0.717, 1.165) is 19.3 Å². The maximum absolute atomic E-state index is 12.5. The molecular formula is C25H28N2O5S. The first-order valence-electron chi connectivity index (χ1n) is 11.5. The molecule has 174 valence electrons. The highest BCUT2D eigenvalue weighted by Crippen LogP contribution is 2.55. The summed E-state index contributed by atoms with van der Waals surface area (Å²) >= 11 is 0. The van der Waals surface area contributed by atoms with Crippen LogP contribution in [0.2, 0.25) is 0 Å². The number of para-hydroxylation sites is 1. The summed E-state index contributed by atoms with van der Waals surface area (Å²) in [6.07, 6.45) is 6.97. The Morgan fingerprint density at radius 1 is 0.879 bits per heavy atom. The van der Waals surface area contributed by atoms with Crippen molar-refractivity contribution in [3.63, 3.8) is 0 Å². The number of nitrogens with one attached hydrogen (secondary N) is 2. The number of rotatable bonds is 7. The van der Waals surface area contributed by atoms with Crippen LogP contribution < -0.4 is 10.0 Å². The topological polar surface area (TPSA) is 102 Å². The molecule has 0 spiro atoms. The first kappa shape index (κ1) is 21.9. The van der Waals surface area contributed by atoms with Crippen molar-refractivity contribution in [3.05, 3.63) is 60.2 Å². The fraction of sp³-hybridized carbons (Fsp3) is 0.440. The third kappa shape index (κ3) is 4.76. The maximum atomic E-state index is 12.5. The first-order valence-corrected chi connectivity index (χ1v) is 12.9. The van der Waals surface area contributed by atoms with Crippen LogP contribution in [0.4, 0.5) is 5.69 Å². The van der Waals surface area contributed by atoms with Gasteiger partial charge in [0.1, 0.15) is 0 Å². The second kappa shape index (κ2) is 8.48. The van der Waals surface area contributed by atoms with Crippen LogP contribution in [0.25, 0.3) is 0 Å². The largest absolute Gasteiger partial charge is 0.452 e. The zero-order valence-corrected chi connectivity index (χ0v) is 19.1. The first-order chi connectivity index (χ1) is 15.8. The standard InChI is InChI=1S/C25H28N2O5S/c28-23(26-25-13-17-10-18(14-25)12-19(11-17)15-25)16-32-24(29)20-6-8-22(9-7-20)33(30,31)27-21-4-2-1-3-5-21/h1-9,17-19,27H,10-16H2,(H,26,28). The Bertz CT molecular complexity index is 1110. The van der Waals surface area contributed by atoms with E-state index in [-0.39, 0.29) is 28.5 Å². The van der Waals surface area contributed by atoms with Crippen molar-refractivity contribution in [2.45, 2.75) is 49.0 Å². The normalized spacial score (nSPS) is 27.7. The van der Waals surface area contributed by atoms with Crippen LogP contribution in [0.5, 0.6) is 0 Å². The zero-order valence-electron chi connectivity index (χ0n) is 18.3. The van der Waals surface area contributed by atoms with E-state index in [1.54, 1.807) is 30.3 Å². The van der Waals surface area contributed by atoms with E-state index < -0.39 is 16.0 Å². The van der Waals surface area contributed by atoms with Gasteiger partial charge >= 0.3 is 5.97 Å². The number of hydrogen-bond donors (Lipinski definition) is 2. The molecule has 2 N–H and O–H groups in total. The van der Waals surface area contributed by atoms with Crippen LogP contribution in [-0.2, 0) is 19.6 Å². The molecule has 7 nitrogen and oxygen atoms in total. The third-order valence-corrected chi connectivity index (χ3v) is 8.60. The minimum Gasteiger partial charge on any atom is -0.452 e. The van der Waals surface area contributed by atoms with Crippen LogP contribution in [0.3, 0.4) is 0 Å². The third-order valence-electron chi connectivity index (χ3n) is 7.20. The summed E-state index contributed by atoms with van der Waals surface area (Å²) in [7, 11) is -3.77. The summed E-state index contributed by atoms with van der Waals surface area (Å²) in [5.74, 6) is 1.22. The van der Waals surface area contributed by atoms with Gasteiger partial charge in [0.15, 0.2) is 6.61 Å². The molecule has 6 rings (SSSR count). The molecule has 0 aliphatic heterocycles. The summed E-state index contributed by atoms with van der Waals surface area (Å²) in [6.45, 7) is -0.337. The molecule has 4 aliphatic carbocycles. The number of anilines is 1. The van der Waals surface area contributed by atoms with E-state index in [2.05, 4.69) is 10.0 Å². The Hall–Kier alpha value is -2.87. The Morgan fingerprint density at radius 3 is 2.03 bits per heavy atom. The van der Waals surface area contributed by atoms with Crippen molar-refractivity contribution in [3.8, 4) is 0 Å². The summed E-state index contributed by atoms with van der Waals surface area (Å²) in [5, 5.41) is 3.18. The predicted octanol–water partition coefficient (Wildman–Crippen LogP) is 3.73. The fourth-order valence-corrected chi connectivity index (χ4v) is 7.36. The quantitative estimate of drug-likeness (QED) is 0.603. The summed E-state index contributed by atoms with van der Waals surface area (Å²) in [4.78, 5) is 25.0. The summed E-state index contributed by atoms with van der Waals surface area (Å²) < 4.78 is 32.7. The second-order valence-electron chi connectivity index (χ2n) is 9.82. The van der Waals surface area contributed by atoms with Crippen molar-refractivity contribution in [2.24, 2.45) is 17.8 Å². The highest BCUT2D eigenvalue weighted by molar-refractivity contribution is 7.92. The fourth-order valence-electron chi connectivity index (χ4n) is 6.30. The highest BCUT2D eigenvalue weighted by atomic mass is 32.2. The van der Waals surface area contributed by atoms with Crippen molar-refractivity contribution in [1.29, 1.82) is 0 Å².